The number of aromatic nitrogens is 1. The molecule has 0 atom stereocenters. The van der Waals surface area contributed by atoms with Crippen LogP contribution in [0, 0.1) is 25.2 Å². The molecule has 0 aliphatic heterocycles. The highest BCUT2D eigenvalue weighted by atomic mass is 16.4. The molecule has 18 heavy (non-hydrogen) atoms. The topological polar surface area (TPSA) is 86.0 Å². The van der Waals surface area contributed by atoms with E-state index >= 15 is 0 Å². The number of aryl methyl sites for hydroxylation is 2. The van der Waals surface area contributed by atoms with Gasteiger partial charge in [-0.1, -0.05) is 0 Å². The Morgan fingerprint density at radius 1 is 1.56 bits per heavy atom. The van der Waals surface area contributed by atoms with Gasteiger partial charge in [0.2, 0.25) is 0 Å². The highest BCUT2D eigenvalue weighted by Crippen LogP contribution is 2.36. The minimum absolute atomic E-state index is 0.424. The largest absolute Gasteiger partial charge is 0.480 e. The van der Waals surface area contributed by atoms with Gasteiger partial charge in [0.25, 0.3) is 0 Å². The van der Waals surface area contributed by atoms with Crippen LogP contribution in [0.1, 0.15) is 36.2 Å². The van der Waals surface area contributed by atoms with Gasteiger partial charge in [-0.2, -0.15) is 5.26 Å². The van der Waals surface area contributed by atoms with E-state index in [0.29, 0.717) is 29.8 Å². The van der Waals surface area contributed by atoms with Crippen LogP contribution in [0.3, 0.4) is 0 Å². The number of nitrogens with one attached hydrogen (secondary N) is 1. The number of aliphatic carboxylic acids is 1. The normalized spacial score (nSPS) is 16.5. The second kappa shape index (κ2) is 4.30. The van der Waals surface area contributed by atoms with Crippen LogP contribution in [0.4, 0.5) is 5.69 Å². The Labute approximate surface area is 105 Å². The van der Waals surface area contributed by atoms with Gasteiger partial charge < -0.3 is 10.4 Å². The smallest absolute Gasteiger partial charge is 0.329 e. The number of pyridine rings is 1. The van der Waals surface area contributed by atoms with Crippen molar-refractivity contribution >= 4 is 11.7 Å². The molecular weight excluding hydrogens is 230 g/mol. The van der Waals surface area contributed by atoms with E-state index in [-0.39, 0.29) is 0 Å². The average molecular weight is 245 g/mol. The summed E-state index contributed by atoms with van der Waals surface area (Å²) >= 11 is 0. The summed E-state index contributed by atoms with van der Waals surface area (Å²) in [6.07, 6.45) is 2.07. The van der Waals surface area contributed by atoms with Crippen LogP contribution in [-0.2, 0) is 4.79 Å². The van der Waals surface area contributed by atoms with Crippen molar-refractivity contribution in [3.8, 4) is 6.07 Å². The van der Waals surface area contributed by atoms with E-state index in [1.165, 1.54) is 0 Å². The third-order valence-corrected chi connectivity index (χ3v) is 3.43. The van der Waals surface area contributed by atoms with Crippen molar-refractivity contribution in [3.63, 3.8) is 0 Å². The van der Waals surface area contributed by atoms with E-state index in [2.05, 4.69) is 16.4 Å². The molecule has 1 fully saturated rings. The van der Waals surface area contributed by atoms with Gasteiger partial charge in [0.05, 0.1) is 16.9 Å². The molecule has 0 spiro atoms. The lowest BCUT2D eigenvalue weighted by molar-refractivity contribution is -0.145. The van der Waals surface area contributed by atoms with Crippen LogP contribution in [0.2, 0.25) is 0 Å². The zero-order valence-corrected chi connectivity index (χ0v) is 10.4. The summed E-state index contributed by atoms with van der Waals surface area (Å²) in [5.41, 5.74) is 1.48. The van der Waals surface area contributed by atoms with Gasteiger partial charge in [-0.05, 0) is 39.2 Å². The number of anilines is 1. The maximum Gasteiger partial charge on any atom is 0.329 e. The molecule has 5 nitrogen and oxygen atoms in total. The summed E-state index contributed by atoms with van der Waals surface area (Å²) in [4.78, 5) is 15.5. The number of rotatable bonds is 3. The number of carbonyl (C=O) groups is 1. The van der Waals surface area contributed by atoms with Gasteiger partial charge in [0.15, 0.2) is 0 Å². The zero-order valence-electron chi connectivity index (χ0n) is 10.4. The maximum atomic E-state index is 11.3. The molecule has 0 saturated heterocycles. The fourth-order valence-electron chi connectivity index (χ4n) is 2.25. The fraction of sp³-hybridized carbons (Fsp3) is 0.462. The molecule has 1 aromatic heterocycles. The first kappa shape index (κ1) is 12.4. The zero-order chi connectivity index (χ0) is 13.3. The molecule has 1 aliphatic carbocycles. The Hall–Kier alpha value is -2.09. The molecule has 0 bridgehead atoms. The summed E-state index contributed by atoms with van der Waals surface area (Å²) < 4.78 is 0. The molecule has 0 radical (unpaired) electrons. The van der Waals surface area contributed by atoms with Crippen molar-refractivity contribution in [1.82, 2.24) is 4.98 Å². The second-order valence-corrected chi connectivity index (χ2v) is 4.75. The van der Waals surface area contributed by atoms with E-state index in [1.807, 2.05) is 6.92 Å². The SMILES string of the molecule is Cc1cc(NC2(C(=O)O)CCC2)c(C#N)c(C)n1. The van der Waals surface area contributed by atoms with Crippen LogP contribution in [0.25, 0.3) is 0 Å². The lowest BCUT2D eigenvalue weighted by Gasteiger charge is -2.39. The minimum Gasteiger partial charge on any atom is -0.480 e. The van der Waals surface area contributed by atoms with Gasteiger partial charge >= 0.3 is 5.97 Å². The molecule has 5 heteroatoms. The monoisotopic (exact) mass is 245 g/mol. The highest BCUT2D eigenvalue weighted by molar-refractivity contribution is 5.84. The summed E-state index contributed by atoms with van der Waals surface area (Å²) in [5.74, 6) is -0.857. The van der Waals surface area contributed by atoms with Crippen LogP contribution >= 0.6 is 0 Å². The van der Waals surface area contributed by atoms with Gasteiger partial charge in [-0.3, -0.25) is 4.98 Å². The van der Waals surface area contributed by atoms with Crippen LogP contribution < -0.4 is 5.32 Å². The number of hydrogen-bond acceptors (Lipinski definition) is 4. The third kappa shape index (κ3) is 1.90. The van der Waals surface area contributed by atoms with Gasteiger partial charge in [0.1, 0.15) is 11.6 Å². The maximum absolute atomic E-state index is 11.3. The number of hydrogen-bond donors (Lipinski definition) is 2. The Morgan fingerprint density at radius 3 is 2.67 bits per heavy atom. The van der Waals surface area contributed by atoms with Crippen molar-refractivity contribution in [2.75, 3.05) is 5.32 Å². The quantitative estimate of drug-likeness (QED) is 0.850. The number of carboxylic acid groups (broad SMARTS) is 1. The van der Waals surface area contributed by atoms with E-state index < -0.39 is 11.5 Å². The molecular formula is C13H15N3O2. The molecule has 0 aromatic carbocycles. The summed E-state index contributed by atoms with van der Waals surface area (Å²) in [5, 5.41) is 21.5. The summed E-state index contributed by atoms with van der Waals surface area (Å²) in [6.45, 7) is 3.58. The second-order valence-electron chi connectivity index (χ2n) is 4.75. The first-order chi connectivity index (χ1) is 8.48. The number of carboxylic acids is 1. The van der Waals surface area contributed by atoms with Gasteiger partial charge in [0, 0.05) is 5.69 Å². The lowest BCUT2D eigenvalue weighted by atomic mass is 9.76. The Morgan fingerprint density at radius 2 is 2.22 bits per heavy atom. The molecule has 0 unspecified atom stereocenters. The van der Waals surface area contributed by atoms with Crippen LogP contribution in [-0.4, -0.2) is 21.6 Å². The predicted molar refractivity (Wildman–Crippen MR) is 66.3 cm³/mol. The Bertz CT molecular complexity index is 542. The lowest BCUT2D eigenvalue weighted by Crippen LogP contribution is -2.52. The van der Waals surface area contributed by atoms with E-state index in [0.717, 1.165) is 12.1 Å². The molecule has 0 amide bonds. The number of nitrogens with zero attached hydrogens (tertiary/aromatic N) is 2. The number of nitriles is 1. The van der Waals surface area contributed by atoms with Crippen molar-refractivity contribution in [1.29, 1.82) is 5.26 Å². The first-order valence-corrected chi connectivity index (χ1v) is 5.88. The Balaban J connectivity index is 2.40. The molecule has 1 saturated carbocycles. The highest BCUT2D eigenvalue weighted by Gasteiger charge is 2.44. The summed E-state index contributed by atoms with van der Waals surface area (Å²) in [7, 11) is 0. The van der Waals surface area contributed by atoms with Gasteiger partial charge in [-0.25, -0.2) is 4.79 Å². The van der Waals surface area contributed by atoms with E-state index in [9.17, 15) is 9.90 Å². The predicted octanol–water partition coefficient (Wildman–Crippen LogP) is 1.99. The van der Waals surface area contributed by atoms with Crippen LogP contribution in [0.15, 0.2) is 6.07 Å². The Kier molecular flexibility index (Phi) is 2.95. The standard InChI is InChI=1S/C13H15N3O2/c1-8-6-11(10(7-14)9(2)15-8)16-13(12(17)18)4-3-5-13/h6H,3-5H2,1-2H3,(H,15,16)(H,17,18). The van der Waals surface area contributed by atoms with Crippen molar-refractivity contribution in [2.45, 2.75) is 38.6 Å². The van der Waals surface area contributed by atoms with E-state index in [1.54, 1.807) is 13.0 Å². The molecule has 94 valence electrons. The van der Waals surface area contributed by atoms with Crippen molar-refractivity contribution < 1.29 is 9.90 Å². The molecule has 2 rings (SSSR count). The van der Waals surface area contributed by atoms with Crippen molar-refractivity contribution in [2.24, 2.45) is 0 Å². The molecule has 1 aromatic rings. The molecule has 2 N–H and O–H groups in total. The van der Waals surface area contributed by atoms with Crippen LogP contribution in [0.5, 0.6) is 0 Å². The fourth-order valence-corrected chi connectivity index (χ4v) is 2.25. The molecule has 1 heterocycles. The van der Waals surface area contributed by atoms with Crippen molar-refractivity contribution in [3.05, 3.63) is 23.0 Å². The molecule has 1 aliphatic rings. The third-order valence-electron chi connectivity index (χ3n) is 3.43. The van der Waals surface area contributed by atoms with E-state index in [4.69, 9.17) is 5.26 Å². The summed E-state index contributed by atoms with van der Waals surface area (Å²) in [6, 6.07) is 3.81. The first-order valence-electron chi connectivity index (χ1n) is 5.88. The average Bonchev–Trinajstić information content (AvgIpc) is 2.22. The minimum atomic E-state index is -0.911. The van der Waals surface area contributed by atoms with Gasteiger partial charge in [-0.15, -0.1) is 0 Å².